The van der Waals surface area contributed by atoms with Crippen LogP contribution in [0.4, 0.5) is 0 Å². The molecule has 0 aliphatic carbocycles. The van der Waals surface area contributed by atoms with E-state index in [1.54, 1.807) is 20.8 Å². The van der Waals surface area contributed by atoms with Gasteiger partial charge in [0, 0.05) is 0 Å². The molecule has 0 aromatic heterocycles. The number of unbranched alkanes of at least 4 members (excludes halogenated alkanes) is 3. The lowest BCUT2D eigenvalue weighted by Gasteiger charge is -2.30. The standard InChI is InChI=1S/C45H88N12O8/c1-10-26(5)34(49)42(62)53-32(21-15-18-24-47)40(60)56-35(27(6)11-2)43(63)51-30(9)39(59)55-36(28(7)12-3)45(65)54-33(22-16-19-25-48)41(61)57-37(29(8)13-4)44(64)52-31(38(50)58)20-14-17-23-46/h26-37H,10-25,46-49H2,1-9H3,(H2,50,58)(H,51,63)(H,52,64)(H,53,62)(H,54,65)(H,55,59)(H,56,60)(H,57,61)/t26-,27-,28-,29-,30-,31-,32-,33-,34-,35-,36-,37-/m0/s1. The minimum absolute atomic E-state index is 0.128. The van der Waals surface area contributed by atoms with E-state index in [0.717, 1.165) is 0 Å². The number of rotatable bonds is 35. The lowest BCUT2D eigenvalue weighted by molar-refractivity contribution is -0.136. The molecule has 0 unspecified atom stereocenters. The molecule has 0 saturated carbocycles. The number of hydrogen-bond donors (Lipinski definition) is 12. The van der Waals surface area contributed by atoms with Crippen molar-refractivity contribution in [1.82, 2.24) is 37.2 Å². The van der Waals surface area contributed by atoms with Crippen molar-refractivity contribution < 1.29 is 38.4 Å². The maximum absolute atomic E-state index is 14.1. The van der Waals surface area contributed by atoms with Gasteiger partial charge in [0.25, 0.3) is 0 Å². The van der Waals surface area contributed by atoms with Gasteiger partial charge >= 0.3 is 0 Å². The van der Waals surface area contributed by atoms with Crippen molar-refractivity contribution in [3.8, 4) is 0 Å². The zero-order valence-corrected chi connectivity index (χ0v) is 40.9. The zero-order chi connectivity index (χ0) is 49.8. The van der Waals surface area contributed by atoms with Crippen LogP contribution in [0.5, 0.6) is 0 Å². The normalized spacial score (nSPS) is 16.9. The van der Waals surface area contributed by atoms with Crippen molar-refractivity contribution in [3.05, 3.63) is 0 Å². The summed E-state index contributed by atoms with van der Waals surface area (Å²) in [4.78, 5) is 108. The molecular weight excluding hydrogens is 837 g/mol. The van der Waals surface area contributed by atoms with Gasteiger partial charge in [-0.25, -0.2) is 0 Å². The highest BCUT2D eigenvalue weighted by molar-refractivity contribution is 5.97. The zero-order valence-electron chi connectivity index (χ0n) is 40.9. The van der Waals surface area contributed by atoms with Crippen LogP contribution in [-0.4, -0.2) is 115 Å². The molecule has 12 atom stereocenters. The summed E-state index contributed by atoms with van der Waals surface area (Å²) >= 11 is 0. The maximum atomic E-state index is 14.1. The molecule has 0 saturated heterocycles. The first-order valence-corrected chi connectivity index (χ1v) is 24.0. The summed E-state index contributed by atoms with van der Waals surface area (Å²) in [6.07, 6.45) is 6.19. The fourth-order valence-corrected chi connectivity index (χ4v) is 6.87. The quantitative estimate of drug-likeness (QED) is 0.0368. The van der Waals surface area contributed by atoms with Crippen LogP contribution in [0.2, 0.25) is 0 Å². The summed E-state index contributed by atoms with van der Waals surface area (Å²) in [7, 11) is 0. The van der Waals surface area contributed by atoms with Crippen LogP contribution in [0, 0.1) is 23.7 Å². The number of amides is 8. The second-order valence-corrected chi connectivity index (χ2v) is 17.7. The number of nitrogens with two attached hydrogens (primary N) is 5. The summed E-state index contributed by atoms with van der Waals surface area (Å²) in [6.45, 7) is 17.2. The first-order chi connectivity index (χ1) is 30.7. The number of hydrogen-bond acceptors (Lipinski definition) is 12. The number of carbonyl (C=O) groups is 8. The van der Waals surface area contributed by atoms with E-state index in [1.165, 1.54) is 6.92 Å². The Morgan fingerprint density at radius 1 is 0.385 bits per heavy atom. The van der Waals surface area contributed by atoms with Crippen LogP contribution in [0.25, 0.3) is 0 Å². The predicted molar refractivity (Wildman–Crippen MR) is 253 cm³/mol. The van der Waals surface area contributed by atoms with Gasteiger partial charge in [-0.15, -0.1) is 0 Å². The minimum Gasteiger partial charge on any atom is -0.368 e. The van der Waals surface area contributed by atoms with Crippen molar-refractivity contribution >= 4 is 47.3 Å². The summed E-state index contributed by atoms with van der Waals surface area (Å²) in [6, 6.07) is -8.36. The summed E-state index contributed by atoms with van der Waals surface area (Å²) in [5.41, 5.74) is 28.8. The van der Waals surface area contributed by atoms with Gasteiger partial charge in [-0.3, -0.25) is 38.4 Å². The molecular formula is C45H88N12O8. The van der Waals surface area contributed by atoms with Crippen LogP contribution in [-0.2, 0) is 38.4 Å². The summed E-state index contributed by atoms with van der Waals surface area (Å²) in [5.74, 6) is -6.28. The van der Waals surface area contributed by atoms with Gasteiger partial charge in [-0.2, -0.15) is 0 Å². The van der Waals surface area contributed by atoms with Gasteiger partial charge in [0.15, 0.2) is 0 Å². The number of nitrogens with one attached hydrogen (secondary N) is 7. The fraction of sp³-hybridized carbons (Fsp3) is 0.822. The lowest BCUT2D eigenvalue weighted by Crippen LogP contribution is -2.61. The van der Waals surface area contributed by atoms with Gasteiger partial charge in [-0.05, 0) is 108 Å². The fourth-order valence-electron chi connectivity index (χ4n) is 6.87. The third kappa shape index (κ3) is 22.1. The number of primary amides is 1. The van der Waals surface area contributed by atoms with E-state index in [4.69, 9.17) is 28.7 Å². The third-order valence-corrected chi connectivity index (χ3v) is 12.5. The highest BCUT2D eigenvalue weighted by Gasteiger charge is 2.36. The molecule has 0 rings (SSSR count). The molecule has 376 valence electrons. The van der Waals surface area contributed by atoms with Gasteiger partial charge in [0.2, 0.25) is 47.3 Å². The molecule has 0 heterocycles. The highest BCUT2D eigenvalue weighted by atomic mass is 16.2. The molecule has 0 bridgehead atoms. The molecule has 0 aliphatic rings. The van der Waals surface area contributed by atoms with Crippen LogP contribution in [0.1, 0.15) is 146 Å². The first kappa shape index (κ1) is 60.6. The Labute approximate surface area is 388 Å². The van der Waals surface area contributed by atoms with Gasteiger partial charge in [0.05, 0.1) is 6.04 Å². The second-order valence-electron chi connectivity index (χ2n) is 17.7. The Morgan fingerprint density at radius 2 is 0.692 bits per heavy atom. The topological polar surface area (TPSA) is 351 Å². The lowest BCUT2D eigenvalue weighted by atomic mass is 9.95. The summed E-state index contributed by atoms with van der Waals surface area (Å²) in [5, 5.41) is 19.2. The molecule has 0 aliphatic heterocycles. The molecule has 20 nitrogen and oxygen atoms in total. The highest BCUT2D eigenvalue weighted by Crippen LogP contribution is 2.15. The molecule has 65 heavy (non-hydrogen) atoms. The molecule has 8 amide bonds. The van der Waals surface area contributed by atoms with E-state index in [2.05, 4.69) is 37.2 Å². The average molecular weight is 925 g/mol. The van der Waals surface area contributed by atoms with Crippen molar-refractivity contribution in [2.45, 2.75) is 194 Å². The van der Waals surface area contributed by atoms with Crippen LogP contribution >= 0.6 is 0 Å². The first-order valence-electron chi connectivity index (χ1n) is 24.0. The Hall–Kier alpha value is -4.40. The van der Waals surface area contributed by atoms with Crippen molar-refractivity contribution in [2.75, 3.05) is 19.6 Å². The summed E-state index contributed by atoms with van der Waals surface area (Å²) < 4.78 is 0. The maximum Gasteiger partial charge on any atom is 0.243 e. The monoisotopic (exact) mass is 925 g/mol. The molecule has 0 fully saturated rings. The Bertz CT molecular complexity index is 1490. The minimum atomic E-state index is -1.17. The molecule has 0 aromatic carbocycles. The third-order valence-electron chi connectivity index (χ3n) is 12.5. The van der Waals surface area contributed by atoms with E-state index >= 15 is 0 Å². The van der Waals surface area contributed by atoms with Crippen molar-refractivity contribution in [1.29, 1.82) is 0 Å². The van der Waals surface area contributed by atoms with Crippen LogP contribution in [0.3, 0.4) is 0 Å². The Morgan fingerprint density at radius 3 is 1.03 bits per heavy atom. The van der Waals surface area contributed by atoms with E-state index in [0.29, 0.717) is 83.8 Å². The van der Waals surface area contributed by atoms with Gasteiger partial charge in [-0.1, -0.05) is 81.1 Å². The average Bonchev–Trinajstić information content (AvgIpc) is 3.28. The molecule has 20 heteroatoms. The second kappa shape index (κ2) is 33.1. The number of carbonyl (C=O) groups excluding carboxylic acids is 8. The molecule has 0 radical (unpaired) electrons. The molecule has 0 aromatic rings. The van der Waals surface area contributed by atoms with Crippen molar-refractivity contribution in [2.24, 2.45) is 52.3 Å². The van der Waals surface area contributed by atoms with E-state index in [9.17, 15) is 38.4 Å². The Balaban J connectivity index is 6.31. The molecule has 0 spiro atoms. The van der Waals surface area contributed by atoms with Crippen molar-refractivity contribution in [3.63, 3.8) is 0 Å². The molecule has 17 N–H and O–H groups in total. The SMILES string of the molecule is CC[C@H](C)[C@H](N)C(=O)N[C@@H](CCCCN)C(=O)N[C@H](C(=O)N[C@@H](C)C(=O)N[C@H](C(=O)N[C@@H](CCCCN)C(=O)N[C@H](C(=O)N[C@@H](CCCCN)C(N)=O)[C@@H](C)CC)[C@@H](C)CC)[C@@H](C)CC. The predicted octanol–water partition coefficient (Wildman–Crippen LogP) is -0.216. The van der Waals surface area contributed by atoms with E-state index in [1.807, 2.05) is 34.6 Å². The largest absolute Gasteiger partial charge is 0.368 e. The van der Waals surface area contributed by atoms with Gasteiger partial charge in [0.1, 0.15) is 42.3 Å². The van der Waals surface area contributed by atoms with Gasteiger partial charge < -0.3 is 65.9 Å². The Kier molecular flexibility index (Phi) is 30.9. The van der Waals surface area contributed by atoms with Crippen LogP contribution < -0.4 is 65.9 Å². The van der Waals surface area contributed by atoms with E-state index in [-0.39, 0.29) is 37.0 Å². The van der Waals surface area contributed by atoms with Crippen LogP contribution in [0.15, 0.2) is 0 Å². The smallest absolute Gasteiger partial charge is 0.243 e. The van der Waals surface area contributed by atoms with E-state index < -0.39 is 102 Å².